The Morgan fingerprint density at radius 2 is 2.15 bits per heavy atom. The number of hydrogen-bond acceptors (Lipinski definition) is 2. The molecule has 2 nitrogen and oxygen atoms in total. The summed E-state index contributed by atoms with van der Waals surface area (Å²) >= 11 is 0. The molecule has 78 valence electrons. The second-order valence-corrected chi connectivity index (χ2v) is 4.22. The summed E-state index contributed by atoms with van der Waals surface area (Å²) in [6.45, 7) is 5.41. The third-order valence-corrected chi connectivity index (χ3v) is 2.96. The highest BCUT2D eigenvalue weighted by Gasteiger charge is 2.27. The predicted molar refractivity (Wildman–Crippen MR) is 55.9 cm³/mol. The van der Waals surface area contributed by atoms with E-state index in [0.29, 0.717) is 12.1 Å². The highest BCUT2D eigenvalue weighted by molar-refractivity contribution is 4.83. The topological polar surface area (TPSA) is 21.3 Å². The van der Waals surface area contributed by atoms with Gasteiger partial charge in [-0.3, -0.25) is 0 Å². The molecule has 0 saturated heterocycles. The van der Waals surface area contributed by atoms with E-state index in [0.717, 1.165) is 18.9 Å². The minimum Gasteiger partial charge on any atom is -0.377 e. The first-order valence-electron chi connectivity index (χ1n) is 5.56. The average molecular weight is 185 g/mol. The van der Waals surface area contributed by atoms with Crippen LogP contribution in [0.2, 0.25) is 0 Å². The largest absolute Gasteiger partial charge is 0.377 e. The Hall–Kier alpha value is -0.0800. The van der Waals surface area contributed by atoms with Crippen molar-refractivity contribution in [3.63, 3.8) is 0 Å². The van der Waals surface area contributed by atoms with Gasteiger partial charge in [0.2, 0.25) is 0 Å². The molecule has 1 aliphatic rings. The van der Waals surface area contributed by atoms with E-state index in [4.69, 9.17) is 4.74 Å². The van der Waals surface area contributed by atoms with Gasteiger partial charge in [-0.15, -0.1) is 0 Å². The number of ether oxygens (including phenoxy) is 1. The summed E-state index contributed by atoms with van der Waals surface area (Å²) in [5, 5.41) is 3.36. The standard InChI is InChI=1S/C11H23NO/c1-4-7-13-11-8-9(2)5-6-10(11)12-3/h9-12H,4-8H2,1-3H3. The average Bonchev–Trinajstić information content (AvgIpc) is 2.15. The predicted octanol–water partition coefficient (Wildman–Crippen LogP) is 2.19. The van der Waals surface area contributed by atoms with Crippen LogP contribution in [0, 0.1) is 5.92 Å². The number of rotatable bonds is 4. The zero-order valence-electron chi connectivity index (χ0n) is 9.18. The molecule has 1 fully saturated rings. The van der Waals surface area contributed by atoms with E-state index < -0.39 is 0 Å². The Balaban J connectivity index is 2.35. The Kier molecular flexibility index (Phi) is 4.74. The molecule has 0 aromatic heterocycles. The molecule has 3 atom stereocenters. The maximum Gasteiger partial charge on any atom is 0.0730 e. The van der Waals surface area contributed by atoms with Crippen molar-refractivity contribution in [2.75, 3.05) is 13.7 Å². The molecule has 1 N–H and O–H groups in total. The number of nitrogens with one attached hydrogen (secondary N) is 1. The van der Waals surface area contributed by atoms with E-state index in [-0.39, 0.29) is 0 Å². The van der Waals surface area contributed by atoms with Gasteiger partial charge < -0.3 is 10.1 Å². The summed E-state index contributed by atoms with van der Waals surface area (Å²) in [5.41, 5.74) is 0. The summed E-state index contributed by atoms with van der Waals surface area (Å²) in [7, 11) is 2.04. The van der Waals surface area contributed by atoms with Crippen LogP contribution < -0.4 is 5.32 Å². The zero-order chi connectivity index (χ0) is 9.68. The van der Waals surface area contributed by atoms with Crippen molar-refractivity contribution in [1.29, 1.82) is 0 Å². The second kappa shape index (κ2) is 5.61. The van der Waals surface area contributed by atoms with Crippen molar-refractivity contribution in [2.24, 2.45) is 5.92 Å². The molecule has 1 saturated carbocycles. The first kappa shape index (κ1) is 11.0. The maximum atomic E-state index is 5.84. The van der Waals surface area contributed by atoms with Crippen LogP contribution in [-0.2, 0) is 4.74 Å². The molecule has 0 aromatic rings. The smallest absolute Gasteiger partial charge is 0.0730 e. The van der Waals surface area contributed by atoms with Gasteiger partial charge >= 0.3 is 0 Å². The molecule has 0 bridgehead atoms. The minimum absolute atomic E-state index is 0.452. The molecule has 0 aliphatic heterocycles. The summed E-state index contributed by atoms with van der Waals surface area (Å²) in [6, 6.07) is 0.586. The van der Waals surface area contributed by atoms with Crippen molar-refractivity contribution in [1.82, 2.24) is 5.32 Å². The fraction of sp³-hybridized carbons (Fsp3) is 1.00. The molecule has 13 heavy (non-hydrogen) atoms. The SMILES string of the molecule is CCCOC1CC(C)CCC1NC. The first-order chi connectivity index (χ1) is 6.27. The Morgan fingerprint density at radius 1 is 1.38 bits per heavy atom. The molecular weight excluding hydrogens is 162 g/mol. The highest BCUT2D eigenvalue weighted by Crippen LogP contribution is 2.26. The van der Waals surface area contributed by atoms with Gasteiger partial charge in [0.15, 0.2) is 0 Å². The monoisotopic (exact) mass is 185 g/mol. The molecule has 1 aliphatic carbocycles. The maximum absolute atomic E-state index is 5.84. The summed E-state index contributed by atoms with van der Waals surface area (Å²) in [4.78, 5) is 0. The van der Waals surface area contributed by atoms with Crippen LogP contribution >= 0.6 is 0 Å². The van der Waals surface area contributed by atoms with Crippen molar-refractivity contribution in [3.8, 4) is 0 Å². The summed E-state index contributed by atoms with van der Waals surface area (Å²) < 4.78 is 5.84. The second-order valence-electron chi connectivity index (χ2n) is 4.22. The van der Waals surface area contributed by atoms with Gasteiger partial charge in [0.1, 0.15) is 0 Å². The highest BCUT2D eigenvalue weighted by atomic mass is 16.5. The Labute approximate surface area is 82.0 Å². The summed E-state index contributed by atoms with van der Waals surface area (Å²) in [5.74, 6) is 0.839. The normalized spacial score (nSPS) is 34.8. The van der Waals surface area contributed by atoms with Crippen LogP contribution in [0.5, 0.6) is 0 Å². The van der Waals surface area contributed by atoms with Gasteiger partial charge in [-0.25, -0.2) is 0 Å². The van der Waals surface area contributed by atoms with Crippen molar-refractivity contribution in [3.05, 3.63) is 0 Å². The molecule has 1 rings (SSSR count). The molecule has 0 heterocycles. The van der Waals surface area contributed by atoms with Crippen LogP contribution in [-0.4, -0.2) is 25.8 Å². The zero-order valence-corrected chi connectivity index (χ0v) is 9.18. The van der Waals surface area contributed by atoms with E-state index in [9.17, 15) is 0 Å². The van der Waals surface area contributed by atoms with Gasteiger partial charge in [-0.1, -0.05) is 13.8 Å². The molecular formula is C11H23NO. The van der Waals surface area contributed by atoms with E-state index >= 15 is 0 Å². The lowest BCUT2D eigenvalue weighted by Gasteiger charge is -2.34. The van der Waals surface area contributed by atoms with Crippen LogP contribution in [0.4, 0.5) is 0 Å². The van der Waals surface area contributed by atoms with Gasteiger partial charge in [0.25, 0.3) is 0 Å². The van der Waals surface area contributed by atoms with E-state index in [1.165, 1.54) is 19.3 Å². The fourth-order valence-corrected chi connectivity index (χ4v) is 2.11. The quantitative estimate of drug-likeness (QED) is 0.725. The number of likely N-dealkylation sites (N-methyl/N-ethyl adjacent to an activating group) is 1. The lowest BCUT2D eigenvalue weighted by atomic mass is 9.85. The lowest BCUT2D eigenvalue weighted by molar-refractivity contribution is -0.00526. The molecule has 0 aromatic carbocycles. The Morgan fingerprint density at radius 3 is 2.77 bits per heavy atom. The van der Waals surface area contributed by atoms with Crippen LogP contribution in [0.15, 0.2) is 0 Å². The molecule has 0 spiro atoms. The third-order valence-electron chi connectivity index (χ3n) is 2.96. The van der Waals surface area contributed by atoms with Crippen molar-refractivity contribution < 1.29 is 4.74 Å². The lowest BCUT2D eigenvalue weighted by Crippen LogP contribution is -2.43. The van der Waals surface area contributed by atoms with E-state index in [1.54, 1.807) is 0 Å². The van der Waals surface area contributed by atoms with Crippen LogP contribution in [0.3, 0.4) is 0 Å². The minimum atomic E-state index is 0.452. The molecule has 3 unspecified atom stereocenters. The summed E-state index contributed by atoms with van der Waals surface area (Å²) in [6.07, 6.45) is 5.42. The fourth-order valence-electron chi connectivity index (χ4n) is 2.11. The van der Waals surface area contributed by atoms with E-state index in [2.05, 4.69) is 19.2 Å². The van der Waals surface area contributed by atoms with Gasteiger partial charge in [-0.2, -0.15) is 0 Å². The van der Waals surface area contributed by atoms with Gasteiger partial charge in [0.05, 0.1) is 6.10 Å². The number of hydrogen-bond donors (Lipinski definition) is 1. The first-order valence-corrected chi connectivity index (χ1v) is 5.56. The molecule has 0 amide bonds. The van der Waals surface area contributed by atoms with E-state index in [1.807, 2.05) is 7.05 Å². The van der Waals surface area contributed by atoms with Crippen molar-refractivity contribution >= 4 is 0 Å². The Bertz CT molecular complexity index is 138. The van der Waals surface area contributed by atoms with Gasteiger partial charge in [0, 0.05) is 12.6 Å². The van der Waals surface area contributed by atoms with Crippen molar-refractivity contribution in [2.45, 2.75) is 51.7 Å². The van der Waals surface area contributed by atoms with Crippen LogP contribution in [0.1, 0.15) is 39.5 Å². The third kappa shape index (κ3) is 3.28. The molecule has 2 heteroatoms. The molecule has 0 radical (unpaired) electrons. The van der Waals surface area contributed by atoms with Gasteiger partial charge in [-0.05, 0) is 38.6 Å². The van der Waals surface area contributed by atoms with Crippen LogP contribution in [0.25, 0.3) is 0 Å².